The van der Waals surface area contributed by atoms with Crippen LogP contribution in [-0.2, 0) is 114 Å². The maximum absolute atomic E-state index is 13.3. The van der Waals surface area contributed by atoms with Crippen molar-refractivity contribution in [3.63, 3.8) is 0 Å². The number of anilines is 2. The summed E-state index contributed by atoms with van der Waals surface area (Å²) in [5.41, 5.74) is 9.06. The van der Waals surface area contributed by atoms with Crippen LogP contribution in [0.25, 0.3) is 22.3 Å². The molecule has 0 saturated carbocycles. The van der Waals surface area contributed by atoms with Gasteiger partial charge in [-0.05, 0) is 49.7 Å². The average Bonchev–Trinajstić information content (AvgIpc) is 1.62. The molecule has 5 aromatic rings. The van der Waals surface area contributed by atoms with Gasteiger partial charge in [0, 0.05) is 73.5 Å². The smallest absolute Gasteiger partial charge is 0.274 e. The third-order valence-corrected chi connectivity index (χ3v) is 25.9. The minimum absolute atomic E-state index is 0.00449. The van der Waals surface area contributed by atoms with Crippen LogP contribution in [0.5, 0.6) is 0 Å². The topological polar surface area (TPSA) is 750 Å². The van der Waals surface area contributed by atoms with Gasteiger partial charge in [-0.2, -0.15) is 0 Å². The molecule has 2 aliphatic rings. The van der Waals surface area contributed by atoms with Crippen molar-refractivity contribution in [2.24, 2.45) is 21.7 Å². The molecule has 12 N–H and O–H groups in total. The Labute approximate surface area is 693 Å². The number of nitrogen functional groups attached to an aromatic ring is 2. The highest BCUT2D eigenvalue weighted by atomic mass is 31.3. The number of hydrogen-bond acceptors (Lipinski definition) is 42. The number of aliphatic hydroxyl groups is 4. The molecule has 2 saturated heterocycles. The van der Waals surface area contributed by atoms with E-state index in [0.717, 1.165) is 92.2 Å². The van der Waals surface area contributed by atoms with Crippen molar-refractivity contribution in [1.82, 2.24) is 60.3 Å². The highest BCUT2D eigenvalue weighted by molar-refractivity contribution is 7.60. The fourth-order valence-electron chi connectivity index (χ4n) is 12.8. The van der Waals surface area contributed by atoms with Crippen LogP contribution in [0.3, 0.4) is 0 Å². The van der Waals surface area contributed by atoms with Gasteiger partial charge in [0.1, 0.15) is 84.1 Å². The molecule has 0 radical (unpaired) electrons. The van der Waals surface area contributed by atoms with E-state index in [2.05, 4.69) is 99.1 Å². The minimum atomic E-state index is -5.99. The number of carbonyl (C=O) groups excluding carboxylic acids is 6. The van der Waals surface area contributed by atoms with Crippen LogP contribution in [0.4, 0.5) is 11.6 Å². The number of hydrogen-bond donors (Lipinski definition) is 10. The first-order valence-electron chi connectivity index (χ1n) is 37.9. The second kappa shape index (κ2) is 43.2. The molecular formula is C67H100N14O34P6-8. The molecule has 2 aliphatic heterocycles. The summed E-state index contributed by atoms with van der Waals surface area (Å²) in [6, 6.07) is 8.20. The van der Waals surface area contributed by atoms with Gasteiger partial charge < -0.3 is 138 Å². The third kappa shape index (κ3) is 31.0. The number of aryl methyl sites for hydroxylation is 2. The number of ketones is 2. The SMILES string of the molecule is CC(C)(CCCCCCc1ccccc1CCCCCC(C)(C)C(=O)CCNC(=O)CCNC(=O)C(O)C(C)(C)COP(=O)([O-])OP(=O)([O-])OCC1OC(n2cnc3c(N)ncnc32)C(O)C1OP(=O)([O-])[O-])C(=O)CCNC(=O)CCNC(=O)C(O)C(C)(C)COP(=O)([O-])OP(=O)([O-])OCC1OC(n2cnc3c(N)ncnc32)C(O)C1OP(=O)([O-])[O-]. The molecule has 0 spiro atoms. The van der Waals surface area contributed by atoms with E-state index in [1.165, 1.54) is 38.8 Å². The van der Waals surface area contributed by atoms with Gasteiger partial charge in [0.2, 0.25) is 23.6 Å². The second-order valence-electron chi connectivity index (χ2n) is 31.3. The quantitative estimate of drug-likeness (QED) is 0.0149. The summed E-state index contributed by atoms with van der Waals surface area (Å²) in [6.45, 7) is 6.74. The lowest BCUT2D eigenvalue weighted by atomic mass is 9.81. The molecule has 7 rings (SSSR count). The van der Waals surface area contributed by atoms with Crippen LogP contribution < -0.4 is 71.9 Å². The predicted octanol–water partition coefficient (Wildman–Crippen LogP) is -1.97. The number of rotatable bonds is 53. The highest BCUT2D eigenvalue weighted by Gasteiger charge is 2.50. The number of Topliss-reactive ketones (excluding diaryl/α,β-unsaturated/α-hetero) is 2. The first kappa shape index (κ1) is 102. The molecule has 6 heterocycles. The lowest BCUT2D eigenvalue weighted by Crippen LogP contribution is -2.46. The fourth-order valence-corrected chi connectivity index (χ4v) is 18.2. The van der Waals surface area contributed by atoms with Crippen molar-refractivity contribution in [3.8, 4) is 0 Å². The van der Waals surface area contributed by atoms with E-state index in [-0.39, 0.29) is 97.4 Å². The molecule has 54 heteroatoms. The Morgan fingerprint density at radius 1 is 0.488 bits per heavy atom. The Bertz CT molecular complexity index is 4700. The lowest BCUT2D eigenvalue weighted by Gasteiger charge is -2.36. The van der Waals surface area contributed by atoms with E-state index >= 15 is 0 Å². The Morgan fingerprint density at radius 3 is 1.19 bits per heavy atom. The van der Waals surface area contributed by atoms with Crippen LogP contribution in [0.2, 0.25) is 0 Å². The van der Waals surface area contributed by atoms with Gasteiger partial charge >= 0.3 is 0 Å². The Morgan fingerprint density at radius 2 is 0.826 bits per heavy atom. The number of phosphoric acid groups is 6. The molecule has 2 fully saturated rings. The molecule has 48 nitrogen and oxygen atoms in total. The Kier molecular flexibility index (Phi) is 36.3. The number of unbranched alkanes of at least 4 members (excludes halogenated alkanes) is 5. The first-order chi connectivity index (χ1) is 56.1. The summed E-state index contributed by atoms with van der Waals surface area (Å²) in [5, 5.41) is 53.3. The minimum Gasteiger partial charge on any atom is -0.790 e. The third-order valence-electron chi connectivity index (χ3n) is 19.8. The van der Waals surface area contributed by atoms with Gasteiger partial charge in [-0.25, -0.2) is 38.5 Å². The number of benzene rings is 1. The van der Waals surface area contributed by atoms with E-state index in [0.29, 0.717) is 12.8 Å². The Hall–Kier alpha value is -6.36. The molecule has 14 atom stereocenters. The largest absolute Gasteiger partial charge is 0.790 e. The first-order valence-corrected chi connectivity index (χ1v) is 46.7. The van der Waals surface area contributed by atoms with Crippen LogP contribution in [-0.4, -0.2) is 196 Å². The van der Waals surface area contributed by atoms with Crippen LogP contribution in [0, 0.1) is 21.7 Å². The van der Waals surface area contributed by atoms with E-state index in [4.69, 9.17) is 20.9 Å². The van der Waals surface area contributed by atoms with E-state index < -0.39 is 180 Å². The molecule has 0 bridgehead atoms. The molecule has 0 aliphatic carbocycles. The fraction of sp³-hybridized carbons (Fsp3) is 0.672. The lowest BCUT2D eigenvalue weighted by molar-refractivity contribution is -0.348. The van der Waals surface area contributed by atoms with Crippen molar-refractivity contribution in [1.29, 1.82) is 0 Å². The number of nitrogens with zero attached hydrogens (tertiary/aromatic N) is 8. The molecule has 1 aromatic carbocycles. The predicted molar refractivity (Wildman–Crippen MR) is 404 cm³/mol. The van der Waals surface area contributed by atoms with Gasteiger partial charge in [-0.15, -0.1) is 0 Å². The summed E-state index contributed by atoms with van der Waals surface area (Å²) in [4.78, 5) is 198. The number of aromatic nitrogens is 8. The number of phosphoric ester groups is 6. The zero-order valence-corrected chi connectivity index (χ0v) is 72.5. The molecule has 4 aromatic heterocycles. The summed E-state index contributed by atoms with van der Waals surface area (Å²) in [6.07, 6.45) is -6.91. The number of fused-ring (bicyclic) bond motifs is 2. The van der Waals surface area contributed by atoms with E-state index in [1.807, 2.05) is 39.8 Å². The van der Waals surface area contributed by atoms with Crippen molar-refractivity contribution in [3.05, 3.63) is 60.7 Å². The average molecular weight is 1830 g/mol. The van der Waals surface area contributed by atoms with Crippen molar-refractivity contribution in [2.75, 3.05) is 64.1 Å². The molecule has 4 amide bonds. The number of nitrogens with one attached hydrogen (secondary N) is 4. The normalized spacial score (nSPS) is 21.4. The number of nitrogens with two attached hydrogens (primary N) is 2. The van der Waals surface area contributed by atoms with Gasteiger partial charge in [-0.3, -0.25) is 56.2 Å². The second-order valence-corrected chi connectivity index (χ2v) is 39.5. The summed E-state index contributed by atoms with van der Waals surface area (Å²) in [5.74, 6) is -3.56. The van der Waals surface area contributed by atoms with Crippen LogP contribution >= 0.6 is 46.9 Å². The zero-order valence-electron chi connectivity index (χ0n) is 67.1. The zero-order chi connectivity index (χ0) is 90.1. The van der Waals surface area contributed by atoms with Gasteiger partial charge in [-0.1, -0.05) is 112 Å². The van der Waals surface area contributed by atoms with E-state index in [1.54, 1.807) is 0 Å². The molecule has 14 unspecified atom stereocenters. The van der Waals surface area contributed by atoms with Crippen LogP contribution in [0.1, 0.15) is 162 Å². The molecule has 680 valence electrons. The van der Waals surface area contributed by atoms with Crippen molar-refractivity contribution in [2.45, 2.75) is 213 Å². The maximum Gasteiger partial charge on any atom is 0.274 e. The maximum atomic E-state index is 13.3. The highest BCUT2D eigenvalue weighted by Crippen LogP contribution is 2.58. The standard InChI is InChI=1S/C67H108N14O34P6/c1-64(2,44(82)22-28-70-46(84)24-30-72-60(90)54(88)66(5,6)34-108-120(102,103)114-118(98,99)106-32-42-52(112-116(92,93)94)50(86)62(110-42)80-38-78-48-56(68)74-36-76-58(48)80)26-16-10-9-12-18-40-20-14-15-21-41(40)19-13-11-17-27-65(3,4)45(83)23-29-71-47(85)25-31-73-61(91)55(89)67(7,8)35-109-121(104,105)115-119(100,101)107-33-43-53(113-117(95,96)97)51(87)63(111-43)81-39-79-49-57(69)75-37-77-59(49)81/h14-15,20-21,36-39,42-43,50-55,62-63,86-89H,9-13,16-19,22-35H2,1-8H3,(H,70,84)(H,71,85)(H,72,90)(H,73,91)(H,98,99)(H,100,101)(H,102,103)(H,104,105)(H2,68,74,76)(H2,69,75,77)(H2,92,93,94)(H2,95,96,97)/p-8. The molecule has 121 heavy (non-hydrogen) atoms. The van der Waals surface area contributed by atoms with Gasteiger partial charge in [0.05, 0.1) is 54.7 Å². The summed E-state index contributed by atoms with van der Waals surface area (Å²) >= 11 is 0. The number of imidazole rings is 2. The van der Waals surface area contributed by atoms with Gasteiger partial charge in [0.25, 0.3) is 31.3 Å². The van der Waals surface area contributed by atoms with Crippen molar-refractivity contribution >= 4 is 116 Å². The van der Waals surface area contributed by atoms with Gasteiger partial charge in [0.15, 0.2) is 35.4 Å². The van der Waals surface area contributed by atoms with Crippen LogP contribution in [0.15, 0.2) is 49.6 Å². The van der Waals surface area contributed by atoms with E-state index in [9.17, 15) is 116 Å². The number of carbonyl (C=O) groups is 6. The monoisotopic (exact) mass is 1830 g/mol. The number of aliphatic hydroxyl groups excluding tert-OH is 4. The number of amides is 4. The van der Waals surface area contributed by atoms with Crippen molar-refractivity contribution < 1.29 is 161 Å². The molecular weight excluding hydrogens is 1730 g/mol. The summed E-state index contributed by atoms with van der Waals surface area (Å²) in [7, 11) is -35.6. The Balaban J connectivity index is 0.697. The summed E-state index contributed by atoms with van der Waals surface area (Å²) < 4.78 is 123. The number of ether oxygens (including phenoxy) is 2.